The molecule has 2 amide bonds. The SMILES string of the molecule is Cc1ccc2c(c1)N(C)C(=O)c1cc(NC(=O)c3ccc(C#N)cc3)ccc1O2. The van der Waals surface area contributed by atoms with E-state index in [-0.39, 0.29) is 11.8 Å². The van der Waals surface area contributed by atoms with Crippen molar-refractivity contribution in [3.63, 3.8) is 0 Å². The average Bonchev–Trinajstić information content (AvgIpc) is 2.83. The molecule has 6 heteroatoms. The largest absolute Gasteiger partial charge is 0.454 e. The third-order valence-corrected chi connectivity index (χ3v) is 4.74. The van der Waals surface area contributed by atoms with Crippen molar-refractivity contribution in [1.29, 1.82) is 5.26 Å². The van der Waals surface area contributed by atoms with Crippen LogP contribution in [-0.2, 0) is 0 Å². The number of carbonyl (C=O) groups is 2. The number of hydrogen-bond donors (Lipinski definition) is 1. The average molecular weight is 383 g/mol. The predicted molar refractivity (Wildman–Crippen MR) is 110 cm³/mol. The Bertz CT molecular complexity index is 1180. The summed E-state index contributed by atoms with van der Waals surface area (Å²) in [6.45, 7) is 1.95. The van der Waals surface area contributed by atoms with Crippen LogP contribution in [0.4, 0.5) is 11.4 Å². The Morgan fingerprint density at radius 1 is 1.03 bits per heavy atom. The molecule has 0 bridgehead atoms. The highest BCUT2D eigenvalue weighted by molar-refractivity contribution is 6.11. The molecule has 0 spiro atoms. The number of carbonyl (C=O) groups excluding carboxylic acids is 2. The molecule has 0 aliphatic carbocycles. The Morgan fingerprint density at radius 3 is 2.48 bits per heavy atom. The first-order valence-electron chi connectivity index (χ1n) is 8.98. The molecule has 1 aliphatic heterocycles. The summed E-state index contributed by atoms with van der Waals surface area (Å²) in [7, 11) is 1.70. The fourth-order valence-corrected chi connectivity index (χ4v) is 3.15. The van der Waals surface area contributed by atoms with Gasteiger partial charge >= 0.3 is 0 Å². The molecule has 29 heavy (non-hydrogen) atoms. The molecule has 0 saturated carbocycles. The maximum Gasteiger partial charge on any atom is 0.261 e. The smallest absolute Gasteiger partial charge is 0.261 e. The first kappa shape index (κ1) is 18.3. The number of fused-ring (bicyclic) bond motifs is 2. The molecule has 4 rings (SSSR count). The fourth-order valence-electron chi connectivity index (χ4n) is 3.15. The zero-order valence-electron chi connectivity index (χ0n) is 15.9. The molecule has 0 atom stereocenters. The van der Waals surface area contributed by atoms with Crippen LogP contribution < -0.4 is 15.0 Å². The second kappa shape index (κ2) is 7.13. The number of ether oxygens (including phenoxy) is 1. The number of anilines is 2. The van der Waals surface area contributed by atoms with Crippen LogP contribution in [-0.4, -0.2) is 18.9 Å². The molecule has 0 fully saturated rings. The minimum atomic E-state index is -0.330. The van der Waals surface area contributed by atoms with E-state index in [1.807, 2.05) is 31.2 Å². The van der Waals surface area contributed by atoms with Crippen molar-refractivity contribution < 1.29 is 14.3 Å². The van der Waals surface area contributed by atoms with Gasteiger partial charge in [0.25, 0.3) is 11.8 Å². The quantitative estimate of drug-likeness (QED) is 0.706. The molecule has 0 radical (unpaired) electrons. The monoisotopic (exact) mass is 383 g/mol. The molecule has 1 N–H and O–H groups in total. The zero-order chi connectivity index (χ0) is 20.5. The van der Waals surface area contributed by atoms with Gasteiger partial charge in [-0.15, -0.1) is 0 Å². The van der Waals surface area contributed by atoms with Gasteiger partial charge in [0.1, 0.15) is 5.75 Å². The maximum atomic E-state index is 13.0. The number of aryl methyl sites for hydroxylation is 1. The lowest BCUT2D eigenvalue weighted by molar-refractivity contribution is 0.0990. The van der Waals surface area contributed by atoms with Crippen LogP contribution in [0, 0.1) is 18.3 Å². The van der Waals surface area contributed by atoms with E-state index in [9.17, 15) is 9.59 Å². The van der Waals surface area contributed by atoms with Crippen molar-refractivity contribution in [1.82, 2.24) is 0 Å². The lowest BCUT2D eigenvalue weighted by Gasteiger charge is -2.16. The number of rotatable bonds is 2. The molecule has 1 heterocycles. The highest BCUT2D eigenvalue weighted by Crippen LogP contribution is 2.39. The second-order valence-electron chi connectivity index (χ2n) is 6.79. The summed E-state index contributed by atoms with van der Waals surface area (Å²) in [6, 6.07) is 19.0. The van der Waals surface area contributed by atoms with Crippen molar-refractivity contribution in [2.75, 3.05) is 17.3 Å². The van der Waals surface area contributed by atoms with Gasteiger partial charge in [-0.1, -0.05) is 6.07 Å². The summed E-state index contributed by atoms with van der Waals surface area (Å²) in [4.78, 5) is 27.0. The van der Waals surface area contributed by atoms with E-state index in [1.54, 1.807) is 54.4 Å². The molecular formula is C23H17N3O3. The molecule has 0 saturated heterocycles. The lowest BCUT2D eigenvalue weighted by atomic mass is 10.1. The Kier molecular flexibility index (Phi) is 4.49. The molecule has 0 aromatic heterocycles. The Morgan fingerprint density at radius 2 is 1.76 bits per heavy atom. The topological polar surface area (TPSA) is 82.4 Å². The highest BCUT2D eigenvalue weighted by Gasteiger charge is 2.26. The van der Waals surface area contributed by atoms with Gasteiger partial charge in [-0.3, -0.25) is 9.59 Å². The highest BCUT2D eigenvalue weighted by atomic mass is 16.5. The molecule has 0 unspecified atom stereocenters. The summed E-state index contributed by atoms with van der Waals surface area (Å²) in [5, 5.41) is 11.6. The summed E-state index contributed by atoms with van der Waals surface area (Å²) < 4.78 is 5.96. The molecule has 3 aromatic rings. The van der Waals surface area contributed by atoms with Crippen molar-refractivity contribution in [3.8, 4) is 17.6 Å². The standard InChI is InChI=1S/C23H17N3O3/c1-14-3-9-21-19(11-14)26(2)23(28)18-12-17(8-10-20(18)29-21)25-22(27)16-6-4-15(13-24)5-7-16/h3-12H,1-2H3,(H,25,27). The van der Waals surface area contributed by atoms with Crippen molar-refractivity contribution >= 4 is 23.2 Å². The van der Waals surface area contributed by atoms with E-state index >= 15 is 0 Å². The minimum absolute atomic E-state index is 0.223. The van der Waals surface area contributed by atoms with Crippen molar-refractivity contribution in [2.45, 2.75) is 6.92 Å². The third kappa shape index (κ3) is 3.42. The molecule has 3 aromatic carbocycles. The van der Waals surface area contributed by atoms with E-state index in [0.29, 0.717) is 39.6 Å². The molecular weight excluding hydrogens is 366 g/mol. The van der Waals surface area contributed by atoms with Gasteiger partial charge in [-0.25, -0.2) is 0 Å². The van der Waals surface area contributed by atoms with Crippen LogP contribution in [0.15, 0.2) is 60.7 Å². The fraction of sp³-hybridized carbons (Fsp3) is 0.0870. The maximum absolute atomic E-state index is 13.0. The zero-order valence-corrected chi connectivity index (χ0v) is 15.9. The van der Waals surface area contributed by atoms with Crippen LogP contribution >= 0.6 is 0 Å². The number of benzene rings is 3. The molecule has 1 aliphatic rings. The van der Waals surface area contributed by atoms with Gasteiger partial charge in [0.2, 0.25) is 0 Å². The Labute approximate surface area is 168 Å². The Balaban J connectivity index is 1.64. The lowest BCUT2D eigenvalue weighted by Crippen LogP contribution is -2.25. The van der Waals surface area contributed by atoms with Gasteiger partial charge in [0.15, 0.2) is 5.75 Å². The number of nitrogens with zero attached hydrogens (tertiary/aromatic N) is 2. The van der Waals surface area contributed by atoms with Crippen molar-refractivity contribution in [2.24, 2.45) is 0 Å². The number of amides is 2. The van der Waals surface area contributed by atoms with E-state index < -0.39 is 0 Å². The van der Waals surface area contributed by atoms with Gasteiger partial charge in [0, 0.05) is 18.3 Å². The van der Waals surface area contributed by atoms with Crippen LogP contribution in [0.1, 0.15) is 31.8 Å². The van der Waals surface area contributed by atoms with Crippen molar-refractivity contribution in [3.05, 3.63) is 82.9 Å². The number of hydrogen-bond acceptors (Lipinski definition) is 4. The third-order valence-electron chi connectivity index (χ3n) is 4.74. The van der Waals surface area contributed by atoms with Gasteiger partial charge < -0.3 is 15.0 Å². The first-order valence-corrected chi connectivity index (χ1v) is 8.98. The summed E-state index contributed by atoms with van der Waals surface area (Å²) in [5.74, 6) is 0.475. The predicted octanol–water partition coefficient (Wildman–Crippen LogP) is 4.50. The van der Waals surface area contributed by atoms with Crippen LogP contribution in [0.3, 0.4) is 0 Å². The van der Waals surface area contributed by atoms with Crippen LogP contribution in [0.5, 0.6) is 11.5 Å². The number of nitrogens with one attached hydrogen (secondary N) is 1. The van der Waals surface area contributed by atoms with E-state index in [4.69, 9.17) is 10.00 Å². The molecule has 142 valence electrons. The van der Waals surface area contributed by atoms with Gasteiger partial charge in [-0.05, 0) is 67.1 Å². The molecule has 6 nitrogen and oxygen atoms in total. The number of nitriles is 1. The van der Waals surface area contributed by atoms with E-state index in [0.717, 1.165) is 5.56 Å². The minimum Gasteiger partial charge on any atom is -0.454 e. The summed E-state index contributed by atoms with van der Waals surface area (Å²) in [5.41, 5.74) is 3.45. The van der Waals surface area contributed by atoms with Gasteiger partial charge in [-0.2, -0.15) is 5.26 Å². The first-order chi connectivity index (χ1) is 14.0. The van der Waals surface area contributed by atoms with E-state index in [1.165, 1.54) is 0 Å². The summed E-state index contributed by atoms with van der Waals surface area (Å²) in [6.07, 6.45) is 0. The van der Waals surface area contributed by atoms with Crippen LogP contribution in [0.25, 0.3) is 0 Å². The second-order valence-corrected chi connectivity index (χ2v) is 6.79. The Hall–Kier alpha value is -4.11. The van der Waals surface area contributed by atoms with Gasteiger partial charge in [0.05, 0.1) is 22.9 Å². The van der Waals surface area contributed by atoms with Crippen LogP contribution in [0.2, 0.25) is 0 Å². The summed E-state index contributed by atoms with van der Waals surface area (Å²) >= 11 is 0. The normalized spacial score (nSPS) is 12.2. The van der Waals surface area contributed by atoms with E-state index in [2.05, 4.69) is 5.32 Å².